The molecule has 1 aromatic heterocycles. The summed E-state index contributed by atoms with van der Waals surface area (Å²) in [5, 5.41) is 0.939. The maximum atomic E-state index is 12.1. The first-order chi connectivity index (χ1) is 9.67. The number of pyridine rings is 1. The number of methoxy groups -OCH3 is 2. The van der Waals surface area contributed by atoms with E-state index in [4.69, 9.17) is 14.5 Å². The van der Waals surface area contributed by atoms with Gasteiger partial charge in [0.1, 0.15) is 11.3 Å². The molecule has 1 aliphatic carbocycles. The molecule has 0 N–H and O–H groups in total. The Morgan fingerprint density at radius 2 is 2.05 bits per heavy atom. The van der Waals surface area contributed by atoms with Gasteiger partial charge in [-0.05, 0) is 31.4 Å². The number of benzene rings is 1. The highest BCUT2D eigenvalue weighted by Crippen LogP contribution is 2.43. The lowest BCUT2D eigenvalue weighted by molar-refractivity contribution is 0.0598. The molecule has 0 aliphatic heterocycles. The molecule has 4 heteroatoms. The van der Waals surface area contributed by atoms with Gasteiger partial charge in [-0.25, -0.2) is 9.78 Å². The lowest BCUT2D eigenvalue weighted by atomic mass is 9.99. The number of carbonyl (C=O) groups excluding carboxylic acids is 1. The summed E-state index contributed by atoms with van der Waals surface area (Å²) in [7, 11) is 3.05. The summed E-state index contributed by atoms with van der Waals surface area (Å²) < 4.78 is 10.3. The average molecular weight is 271 g/mol. The van der Waals surface area contributed by atoms with Crippen LogP contribution in [0.15, 0.2) is 18.2 Å². The number of carbonyl (C=O) groups is 1. The quantitative estimate of drug-likeness (QED) is 0.804. The Hall–Kier alpha value is -2.10. The molecule has 20 heavy (non-hydrogen) atoms. The fraction of sp³-hybridized carbons (Fsp3) is 0.375. The zero-order valence-electron chi connectivity index (χ0n) is 11.9. The second-order valence-electron chi connectivity index (χ2n) is 5.12. The van der Waals surface area contributed by atoms with E-state index in [1.165, 1.54) is 7.11 Å². The molecule has 1 heterocycles. The molecule has 2 aromatic rings. The first-order valence-electron chi connectivity index (χ1n) is 6.73. The number of ether oxygens (including phenoxy) is 2. The Kier molecular flexibility index (Phi) is 3.08. The number of hydrogen-bond donors (Lipinski definition) is 0. The highest BCUT2D eigenvalue weighted by Gasteiger charge is 2.32. The predicted molar refractivity (Wildman–Crippen MR) is 76.3 cm³/mol. The molecule has 0 amide bonds. The van der Waals surface area contributed by atoms with Crippen LogP contribution in [0.5, 0.6) is 5.75 Å². The summed E-state index contributed by atoms with van der Waals surface area (Å²) in [5.41, 5.74) is 3.21. The number of esters is 1. The van der Waals surface area contributed by atoms with Crippen LogP contribution in [0.3, 0.4) is 0 Å². The van der Waals surface area contributed by atoms with E-state index in [0.717, 1.165) is 40.8 Å². The Bertz CT molecular complexity index is 690. The van der Waals surface area contributed by atoms with Gasteiger partial charge < -0.3 is 9.47 Å². The average Bonchev–Trinajstić information content (AvgIpc) is 3.30. The molecular formula is C16H17NO3. The minimum Gasteiger partial charge on any atom is -0.494 e. The first-order valence-corrected chi connectivity index (χ1v) is 6.73. The lowest BCUT2D eigenvalue weighted by Crippen LogP contribution is -2.10. The maximum absolute atomic E-state index is 12.1. The molecule has 0 bridgehead atoms. The third-order valence-corrected chi connectivity index (χ3v) is 3.84. The van der Waals surface area contributed by atoms with Gasteiger partial charge in [0.15, 0.2) is 0 Å². The third-order valence-electron chi connectivity index (χ3n) is 3.84. The monoisotopic (exact) mass is 271 g/mol. The van der Waals surface area contributed by atoms with Crippen LogP contribution < -0.4 is 4.74 Å². The summed E-state index contributed by atoms with van der Waals surface area (Å²) in [6, 6.07) is 5.76. The SMILES string of the molecule is COC(=O)c1c(C2CC2)nc2c(OC)cccc2c1C. The topological polar surface area (TPSA) is 48.4 Å². The highest BCUT2D eigenvalue weighted by atomic mass is 16.5. The number of aromatic nitrogens is 1. The number of fused-ring (bicyclic) bond motifs is 1. The fourth-order valence-corrected chi connectivity index (χ4v) is 2.62. The van der Waals surface area contributed by atoms with Crippen molar-refractivity contribution in [1.29, 1.82) is 0 Å². The molecule has 0 saturated heterocycles. The van der Waals surface area contributed by atoms with Gasteiger partial charge in [0.05, 0.1) is 25.5 Å². The van der Waals surface area contributed by atoms with Crippen molar-refractivity contribution in [2.75, 3.05) is 14.2 Å². The number of para-hydroxylation sites is 1. The minimum absolute atomic E-state index is 0.304. The van der Waals surface area contributed by atoms with Crippen molar-refractivity contribution in [2.24, 2.45) is 0 Å². The molecule has 104 valence electrons. The van der Waals surface area contributed by atoms with Gasteiger partial charge in [-0.2, -0.15) is 0 Å². The summed E-state index contributed by atoms with van der Waals surface area (Å²) in [4.78, 5) is 16.8. The molecule has 0 unspecified atom stereocenters. The van der Waals surface area contributed by atoms with Crippen LogP contribution >= 0.6 is 0 Å². The van der Waals surface area contributed by atoms with Gasteiger partial charge in [-0.15, -0.1) is 0 Å². The van der Waals surface area contributed by atoms with Crippen molar-refractivity contribution in [3.05, 3.63) is 35.0 Å². The first kappa shape index (κ1) is 12.9. The molecule has 0 radical (unpaired) electrons. The summed E-state index contributed by atoms with van der Waals surface area (Å²) >= 11 is 0. The van der Waals surface area contributed by atoms with Gasteiger partial charge in [0, 0.05) is 11.3 Å². The minimum atomic E-state index is -0.304. The van der Waals surface area contributed by atoms with Gasteiger partial charge in [0.2, 0.25) is 0 Å². The molecule has 1 fully saturated rings. The Morgan fingerprint density at radius 3 is 2.65 bits per heavy atom. The molecule has 1 aromatic carbocycles. The van der Waals surface area contributed by atoms with E-state index in [2.05, 4.69) is 0 Å². The maximum Gasteiger partial charge on any atom is 0.340 e. The molecule has 0 spiro atoms. The third kappa shape index (κ3) is 1.92. The van der Waals surface area contributed by atoms with Crippen LogP contribution in [0.25, 0.3) is 10.9 Å². The van der Waals surface area contributed by atoms with E-state index in [9.17, 15) is 4.79 Å². The Labute approximate surface area is 117 Å². The van der Waals surface area contributed by atoms with Crippen molar-refractivity contribution in [3.8, 4) is 5.75 Å². The van der Waals surface area contributed by atoms with Crippen molar-refractivity contribution >= 4 is 16.9 Å². The van der Waals surface area contributed by atoms with Gasteiger partial charge >= 0.3 is 5.97 Å². The number of hydrogen-bond acceptors (Lipinski definition) is 4. The van der Waals surface area contributed by atoms with Crippen molar-refractivity contribution in [3.63, 3.8) is 0 Å². The van der Waals surface area contributed by atoms with E-state index in [1.54, 1.807) is 7.11 Å². The van der Waals surface area contributed by atoms with E-state index in [0.29, 0.717) is 11.5 Å². The second-order valence-corrected chi connectivity index (χ2v) is 5.12. The lowest BCUT2D eigenvalue weighted by Gasteiger charge is -2.14. The highest BCUT2D eigenvalue weighted by molar-refractivity contribution is 5.99. The van der Waals surface area contributed by atoms with Crippen LogP contribution in [0.2, 0.25) is 0 Å². The molecule has 4 nitrogen and oxygen atoms in total. The summed E-state index contributed by atoms with van der Waals surface area (Å²) in [5.74, 6) is 0.808. The smallest absolute Gasteiger partial charge is 0.340 e. The number of rotatable bonds is 3. The zero-order chi connectivity index (χ0) is 14.3. The van der Waals surface area contributed by atoms with Crippen molar-refractivity contribution in [2.45, 2.75) is 25.7 Å². The van der Waals surface area contributed by atoms with Crippen molar-refractivity contribution < 1.29 is 14.3 Å². The van der Waals surface area contributed by atoms with Crippen LogP contribution in [-0.2, 0) is 4.74 Å². The molecule has 0 atom stereocenters. The van der Waals surface area contributed by atoms with E-state index in [-0.39, 0.29) is 5.97 Å². The van der Waals surface area contributed by atoms with Crippen molar-refractivity contribution in [1.82, 2.24) is 4.98 Å². The van der Waals surface area contributed by atoms with E-state index in [1.807, 2.05) is 25.1 Å². The number of nitrogens with zero attached hydrogens (tertiary/aromatic N) is 1. The van der Waals surface area contributed by atoms with Gasteiger partial charge in [-0.3, -0.25) is 0 Å². The second kappa shape index (κ2) is 4.78. The van der Waals surface area contributed by atoms with Gasteiger partial charge in [0.25, 0.3) is 0 Å². The van der Waals surface area contributed by atoms with Crippen LogP contribution in [0, 0.1) is 6.92 Å². The van der Waals surface area contributed by atoms with Gasteiger partial charge in [-0.1, -0.05) is 12.1 Å². The zero-order valence-corrected chi connectivity index (χ0v) is 11.9. The summed E-state index contributed by atoms with van der Waals surface area (Å²) in [6.07, 6.45) is 2.16. The Balaban J connectivity index is 2.35. The standard InChI is InChI=1S/C16H17NO3/c1-9-11-5-4-6-12(19-2)15(11)17-14(10-7-8-10)13(9)16(18)20-3/h4-6,10H,7-8H2,1-3H3. The van der Waals surface area contributed by atoms with Crippen LogP contribution in [-0.4, -0.2) is 25.2 Å². The molecular weight excluding hydrogens is 254 g/mol. The van der Waals surface area contributed by atoms with Crippen LogP contribution in [0.4, 0.5) is 0 Å². The fourth-order valence-electron chi connectivity index (χ4n) is 2.62. The molecule has 1 saturated carbocycles. The summed E-state index contributed by atoms with van der Waals surface area (Å²) in [6.45, 7) is 1.95. The number of aryl methyl sites for hydroxylation is 1. The predicted octanol–water partition coefficient (Wildman–Crippen LogP) is 3.22. The molecule has 3 rings (SSSR count). The van der Waals surface area contributed by atoms with Crippen LogP contribution in [0.1, 0.15) is 40.4 Å². The Morgan fingerprint density at radius 1 is 1.30 bits per heavy atom. The molecule has 1 aliphatic rings. The van der Waals surface area contributed by atoms with E-state index >= 15 is 0 Å². The largest absolute Gasteiger partial charge is 0.494 e. The van der Waals surface area contributed by atoms with E-state index < -0.39 is 0 Å². The normalized spacial score (nSPS) is 14.3.